The highest BCUT2D eigenvalue weighted by molar-refractivity contribution is 6.10. The lowest BCUT2D eigenvalue weighted by Crippen LogP contribution is -2.25. The van der Waals surface area contributed by atoms with Crippen molar-refractivity contribution in [3.05, 3.63) is 105 Å². The van der Waals surface area contributed by atoms with Crippen LogP contribution in [0.5, 0.6) is 11.5 Å². The molecule has 4 aromatic rings. The van der Waals surface area contributed by atoms with Crippen LogP contribution in [0.25, 0.3) is 10.9 Å². The number of hydrogen-bond donors (Lipinski definition) is 0. The summed E-state index contributed by atoms with van der Waals surface area (Å²) in [5, 5.41) is -0.0222. The van der Waals surface area contributed by atoms with Gasteiger partial charge in [-0.2, -0.15) is 0 Å². The van der Waals surface area contributed by atoms with Gasteiger partial charge in [-0.05, 0) is 43.2 Å². The molecule has 1 aliphatic heterocycles. The number of pyridine rings is 1. The predicted octanol–water partition coefficient (Wildman–Crippen LogP) is 5.36. The first-order valence-corrected chi connectivity index (χ1v) is 10.5. The normalized spacial score (nSPS) is 13.9. The minimum absolute atomic E-state index is 0.0222. The molecule has 0 bridgehead atoms. The number of fused-ring (bicyclic) bond motifs is 2. The molecule has 0 saturated heterocycles. The molecule has 1 aliphatic rings. The fraction of sp³-hybridized carbons (Fsp3) is 0.154. The standard InChI is InChI=1S/C26H18F3NO4/c1-14-7-8-16(9-15(14)2)24(31)19-13-30(12-17-5-3-4-6-20(17)27)21-11-23-22(10-18(21)25(19)32)33-26(28,29)34-23/h3-11,13H,12H2,1-2H3. The number of carbonyl (C=O) groups is 1. The largest absolute Gasteiger partial charge is 0.586 e. The second-order valence-corrected chi connectivity index (χ2v) is 8.20. The zero-order chi connectivity index (χ0) is 24.2. The Morgan fingerprint density at radius 2 is 1.68 bits per heavy atom. The first-order valence-electron chi connectivity index (χ1n) is 10.5. The van der Waals surface area contributed by atoms with Gasteiger partial charge < -0.3 is 14.0 Å². The molecule has 0 aliphatic carbocycles. The highest BCUT2D eigenvalue weighted by atomic mass is 19.3. The summed E-state index contributed by atoms with van der Waals surface area (Å²) in [6.45, 7) is 3.70. The summed E-state index contributed by atoms with van der Waals surface area (Å²) in [6.07, 6.45) is -2.55. The predicted molar refractivity (Wildman–Crippen MR) is 119 cm³/mol. The van der Waals surface area contributed by atoms with Gasteiger partial charge in [0.25, 0.3) is 0 Å². The summed E-state index contributed by atoms with van der Waals surface area (Å²) >= 11 is 0. The van der Waals surface area contributed by atoms with Gasteiger partial charge in [0, 0.05) is 23.4 Å². The van der Waals surface area contributed by atoms with Crippen molar-refractivity contribution in [2.75, 3.05) is 0 Å². The molecular formula is C26H18F3NO4. The van der Waals surface area contributed by atoms with Crippen LogP contribution in [0.15, 0.2) is 65.6 Å². The van der Waals surface area contributed by atoms with Crippen molar-refractivity contribution >= 4 is 16.7 Å². The third-order valence-electron chi connectivity index (χ3n) is 5.92. The fourth-order valence-electron chi connectivity index (χ4n) is 3.98. The first kappa shape index (κ1) is 21.8. The molecular weight excluding hydrogens is 447 g/mol. The van der Waals surface area contributed by atoms with E-state index in [1.807, 2.05) is 13.8 Å². The third kappa shape index (κ3) is 3.71. The average Bonchev–Trinajstić information content (AvgIpc) is 3.10. The lowest BCUT2D eigenvalue weighted by molar-refractivity contribution is -0.286. The molecule has 5 rings (SSSR count). The van der Waals surface area contributed by atoms with Gasteiger partial charge in [0.1, 0.15) is 5.82 Å². The number of aromatic nitrogens is 1. The number of benzene rings is 3. The molecule has 0 amide bonds. The molecule has 8 heteroatoms. The number of rotatable bonds is 4. The van der Waals surface area contributed by atoms with Crippen molar-refractivity contribution < 1.29 is 27.4 Å². The van der Waals surface area contributed by atoms with E-state index in [0.717, 1.165) is 17.2 Å². The molecule has 0 spiro atoms. The van der Waals surface area contributed by atoms with Gasteiger partial charge in [0.2, 0.25) is 5.43 Å². The zero-order valence-corrected chi connectivity index (χ0v) is 18.2. The van der Waals surface area contributed by atoms with E-state index in [2.05, 4.69) is 9.47 Å². The van der Waals surface area contributed by atoms with Crippen LogP contribution in [0, 0.1) is 19.7 Å². The van der Waals surface area contributed by atoms with Crippen molar-refractivity contribution in [3.8, 4) is 11.5 Å². The molecule has 5 nitrogen and oxygen atoms in total. The zero-order valence-electron chi connectivity index (χ0n) is 18.2. The molecule has 0 atom stereocenters. The van der Waals surface area contributed by atoms with Gasteiger partial charge in [-0.15, -0.1) is 8.78 Å². The van der Waals surface area contributed by atoms with Crippen LogP contribution in [0.3, 0.4) is 0 Å². The third-order valence-corrected chi connectivity index (χ3v) is 5.92. The molecule has 0 radical (unpaired) electrons. The maximum Gasteiger partial charge on any atom is 0.586 e. The molecule has 0 unspecified atom stereocenters. The molecule has 1 aromatic heterocycles. The number of alkyl halides is 2. The first-order chi connectivity index (χ1) is 16.1. The number of hydrogen-bond acceptors (Lipinski definition) is 4. The van der Waals surface area contributed by atoms with Crippen LogP contribution in [0.2, 0.25) is 0 Å². The van der Waals surface area contributed by atoms with E-state index in [0.29, 0.717) is 11.1 Å². The Morgan fingerprint density at radius 1 is 0.971 bits per heavy atom. The van der Waals surface area contributed by atoms with Crippen molar-refractivity contribution in [2.24, 2.45) is 0 Å². The second kappa shape index (κ2) is 7.76. The number of carbonyl (C=O) groups excluding carboxylic acids is 1. The van der Waals surface area contributed by atoms with E-state index >= 15 is 0 Å². The summed E-state index contributed by atoms with van der Waals surface area (Å²) in [5.74, 6) is -1.58. The summed E-state index contributed by atoms with van der Waals surface area (Å²) < 4.78 is 52.2. The second-order valence-electron chi connectivity index (χ2n) is 8.20. The maximum absolute atomic E-state index is 14.4. The monoisotopic (exact) mass is 465 g/mol. The Balaban J connectivity index is 1.73. The molecule has 0 N–H and O–H groups in total. The highest BCUT2D eigenvalue weighted by Crippen LogP contribution is 2.42. The van der Waals surface area contributed by atoms with Gasteiger partial charge in [0.05, 0.1) is 23.0 Å². The number of aryl methyl sites for hydroxylation is 2. The van der Waals surface area contributed by atoms with E-state index in [4.69, 9.17) is 0 Å². The summed E-state index contributed by atoms with van der Waals surface area (Å²) in [5.41, 5.74) is 1.85. The topological polar surface area (TPSA) is 57.5 Å². The van der Waals surface area contributed by atoms with Crippen LogP contribution < -0.4 is 14.9 Å². The molecule has 34 heavy (non-hydrogen) atoms. The van der Waals surface area contributed by atoms with E-state index < -0.39 is 23.3 Å². The van der Waals surface area contributed by atoms with Crippen LogP contribution in [-0.2, 0) is 6.54 Å². The van der Waals surface area contributed by atoms with Gasteiger partial charge in [0.15, 0.2) is 17.3 Å². The lowest BCUT2D eigenvalue weighted by atomic mass is 9.98. The average molecular weight is 465 g/mol. The van der Waals surface area contributed by atoms with Crippen molar-refractivity contribution in [1.29, 1.82) is 0 Å². The Labute approximate surface area is 192 Å². The van der Waals surface area contributed by atoms with E-state index in [1.54, 1.807) is 30.3 Å². The Hall–Kier alpha value is -4.07. The smallest absolute Gasteiger partial charge is 0.395 e. The lowest BCUT2D eigenvalue weighted by Gasteiger charge is -2.15. The number of ketones is 1. The summed E-state index contributed by atoms with van der Waals surface area (Å²) in [6, 6.07) is 13.5. The SMILES string of the molecule is Cc1ccc(C(=O)c2cn(Cc3ccccc3F)c3cc4c(cc3c2=O)OC(F)(F)O4)cc1C. The number of halogens is 3. The van der Waals surface area contributed by atoms with Crippen LogP contribution in [-0.4, -0.2) is 16.6 Å². The van der Waals surface area contributed by atoms with Gasteiger partial charge in [-0.1, -0.05) is 30.3 Å². The molecule has 3 aromatic carbocycles. The quantitative estimate of drug-likeness (QED) is 0.381. The summed E-state index contributed by atoms with van der Waals surface area (Å²) in [4.78, 5) is 26.7. The summed E-state index contributed by atoms with van der Waals surface area (Å²) in [7, 11) is 0. The Kier molecular flexibility index (Phi) is 4.97. The molecule has 172 valence electrons. The fourth-order valence-corrected chi connectivity index (χ4v) is 3.98. The van der Waals surface area contributed by atoms with E-state index in [-0.39, 0.29) is 34.5 Å². The number of ether oxygens (including phenoxy) is 2. The Morgan fingerprint density at radius 3 is 2.38 bits per heavy atom. The van der Waals surface area contributed by atoms with Crippen LogP contribution in [0.4, 0.5) is 13.2 Å². The minimum Gasteiger partial charge on any atom is -0.395 e. The molecule has 0 saturated carbocycles. The van der Waals surface area contributed by atoms with Gasteiger partial charge in [-0.25, -0.2) is 4.39 Å². The van der Waals surface area contributed by atoms with Crippen molar-refractivity contribution in [1.82, 2.24) is 4.57 Å². The van der Waals surface area contributed by atoms with Crippen molar-refractivity contribution in [3.63, 3.8) is 0 Å². The van der Waals surface area contributed by atoms with Crippen LogP contribution >= 0.6 is 0 Å². The Bertz CT molecular complexity index is 1540. The van der Waals surface area contributed by atoms with Gasteiger partial charge >= 0.3 is 6.29 Å². The minimum atomic E-state index is -3.88. The maximum atomic E-state index is 14.4. The number of nitrogens with zero attached hydrogens (tertiary/aromatic N) is 1. The highest BCUT2D eigenvalue weighted by Gasteiger charge is 2.44. The van der Waals surface area contributed by atoms with Crippen molar-refractivity contribution in [2.45, 2.75) is 26.7 Å². The van der Waals surface area contributed by atoms with E-state index in [1.165, 1.54) is 29.0 Å². The molecule has 2 heterocycles. The van der Waals surface area contributed by atoms with Crippen LogP contribution in [0.1, 0.15) is 32.6 Å². The molecule has 0 fully saturated rings. The van der Waals surface area contributed by atoms with E-state index in [9.17, 15) is 22.8 Å². The van der Waals surface area contributed by atoms with Gasteiger partial charge in [-0.3, -0.25) is 9.59 Å².